The van der Waals surface area contributed by atoms with Crippen LogP contribution in [-0.4, -0.2) is 18.4 Å². The van der Waals surface area contributed by atoms with E-state index in [-0.39, 0.29) is 11.8 Å². The zero-order chi connectivity index (χ0) is 16.0. The lowest BCUT2D eigenvalue weighted by Crippen LogP contribution is -2.35. The van der Waals surface area contributed by atoms with Gasteiger partial charge in [0.2, 0.25) is 11.8 Å². The molecule has 5 nitrogen and oxygen atoms in total. The highest BCUT2D eigenvalue weighted by Gasteiger charge is 2.20. The smallest absolute Gasteiger partial charge is 0.225 e. The predicted molar refractivity (Wildman–Crippen MR) is 85.9 cm³/mol. The molecule has 5 heteroatoms. The molecular weight excluding hydrogens is 266 g/mol. The van der Waals surface area contributed by atoms with Crippen LogP contribution in [0.2, 0.25) is 0 Å². The third-order valence-electron chi connectivity index (χ3n) is 3.08. The van der Waals surface area contributed by atoms with E-state index in [0.717, 1.165) is 11.3 Å². The SMILES string of the molecule is Cc1ccc(N)cc1NC(=O)CCCNC(=O)C(C)(C)C. The molecule has 0 radical (unpaired) electrons. The first kappa shape index (κ1) is 17.0. The molecule has 0 saturated heterocycles. The second-order valence-corrected chi connectivity index (χ2v) is 6.23. The Morgan fingerprint density at radius 2 is 1.90 bits per heavy atom. The molecule has 0 aromatic heterocycles. The van der Waals surface area contributed by atoms with Crippen molar-refractivity contribution in [1.29, 1.82) is 0 Å². The van der Waals surface area contributed by atoms with E-state index in [1.165, 1.54) is 0 Å². The second kappa shape index (κ2) is 7.11. The Labute approximate surface area is 126 Å². The molecule has 4 N–H and O–H groups in total. The summed E-state index contributed by atoms with van der Waals surface area (Å²) in [5, 5.41) is 5.66. The van der Waals surface area contributed by atoms with Crippen LogP contribution in [0.25, 0.3) is 0 Å². The number of carbonyl (C=O) groups is 2. The van der Waals surface area contributed by atoms with Crippen LogP contribution in [-0.2, 0) is 9.59 Å². The summed E-state index contributed by atoms with van der Waals surface area (Å²) in [7, 11) is 0. The summed E-state index contributed by atoms with van der Waals surface area (Å²) in [5.41, 5.74) is 7.62. The number of hydrogen-bond acceptors (Lipinski definition) is 3. The number of carbonyl (C=O) groups excluding carboxylic acids is 2. The Hall–Kier alpha value is -2.04. The van der Waals surface area contributed by atoms with Crippen LogP contribution in [0.4, 0.5) is 11.4 Å². The van der Waals surface area contributed by atoms with Gasteiger partial charge in [0.15, 0.2) is 0 Å². The van der Waals surface area contributed by atoms with Crippen LogP contribution in [0.1, 0.15) is 39.2 Å². The fourth-order valence-corrected chi connectivity index (χ4v) is 1.70. The summed E-state index contributed by atoms with van der Waals surface area (Å²) in [6.07, 6.45) is 0.966. The summed E-state index contributed by atoms with van der Waals surface area (Å²) < 4.78 is 0. The monoisotopic (exact) mass is 291 g/mol. The van der Waals surface area contributed by atoms with Gasteiger partial charge in [-0.2, -0.15) is 0 Å². The van der Waals surface area contributed by atoms with Gasteiger partial charge in [0.1, 0.15) is 0 Å². The Kier molecular flexibility index (Phi) is 5.76. The minimum atomic E-state index is -0.402. The quantitative estimate of drug-likeness (QED) is 0.575. The van der Waals surface area contributed by atoms with Gasteiger partial charge in [-0.25, -0.2) is 0 Å². The minimum Gasteiger partial charge on any atom is -0.399 e. The van der Waals surface area contributed by atoms with Crippen molar-refractivity contribution in [2.24, 2.45) is 5.41 Å². The van der Waals surface area contributed by atoms with E-state index in [2.05, 4.69) is 10.6 Å². The zero-order valence-corrected chi connectivity index (χ0v) is 13.2. The van der Waals surface area contributed by atoms with Crippen molar-refractivity contribution < 1.29 is 9.59 Å². The third-order valence-corrected chi connectivity index (χ3v) is 3.08. The molecule has 116 valence electrons. The number of nitrogens with one attached hydrogen (secondary N) is 2. The van der Waals surface area contributed by atoms with Gasteiger partial charge in [-0.3, -0.25) is 9.59 Å². The molecule has 0 atom stereocenters. The molecule has 1 aromatic rings. The Balaban J connectivity index is 2.35. The maximum atomic E-state index is 11.9. The second-order valence-electron chi connectivity index (χ2n) is 6.23. The fraction of sp³-hybridized carbons (Fsp3) is 0.500. The molecule has 21 heavy (non-hydrogen) atoms. The molecule has 0 aliphatic rings. The number of amides is 2. The molecular formula is C16H25N3O2. The van der Waals surface area contributed by atoms with E-state index in [4.69, 9.17) is 5.73 Å². The highest BCUT2D eigenvalue weighted by molar-refractivity contribution is 5.92. The topological polar surface area (TPSA) is 84.2 Å². The van der Waals surface area contributed by atoms with Crippen molar-refractivity contribution >= 4 is 23.2 Å². The van der Waals surface area contributed by atoms with E-state index in [1.807, 2.05) is 33.8 Å². The molecule has 0 spiro atoms. The van der Waals surface area contributed by atoms with Crippen molar-refractivity contribution in [1.82, 2.24) is 5.32 Å². The lowest BCUT2D eigenvalue weighted by atomic mass is 9.96. The minimum absolute atomic E-state index is 0.00501. The maximum absolute atomic E-state index is 11.9. The largest absolute Gasteiger partial charge is 0.399 e. The molecule has 0 fully saturated rings. The van der Waals surface area contributed by atoms with Gasteiger partial charge in [0.05, 0.1) is 0 Å². The maximum Gasteiger partial charge on any atom is 0.225 e. The highest BCUT2D eigenvalue weighted by Crippen LogP contribution is 2.18. The zero-order valence-electron chi connectivity index (χ0n) is 13.2. The van der Waals surface area contributed by atoms with Gasteiger partial charge >= 0.3 is 0 Å². The van der Waals surface area contributed by atoms with Crippen LogP contribution in [0, 0.1) is 12.3 Å². The van der Waals surface area contributed by atoms with Crippen LogP contribution in [0.5, 0.6) is 0 Å². The van der Waals surface area contributed by atoms with Gasteiger partial charge in [-0.15, -0.1) is 0 Å². The number of benzene rings is 1. The third kappa shape index (κ3) is 5.85. The number of hydrogen-bond donors (Lipinski definition) is 3. The summed E-state index contributed by atoms with van der Waals surface area (Å²) in [6, 6.07) is 5.41. The lowest BCUT2D eigenvalue weighted by molar-refractivity contribution is -0.128. The van der Waals surface area contributed by atoms with Crippen LogP contribution < -0.4 is 16.4 Å². The van der Waals surface area contributed by atoms with Gasteiger partial charge in [-0.1, -0.05) is 26.8 Å². The van der Waals surface area contributed by atoms with Crippen LogP contribution in [0.3, 0.4) is 0 Å². The molecule has 0 aliphatic carbocycles. The van der Waals surface area contributed by atoms with Gasteiger partial charge < -0.3 is 16.4 Å². The number of anilines is 2. The highest BCUT2D eigenvalue weighted by atomic mass is 16.2. The van der Waals surface area contributed by atoms with Gasteiger partial charge in [0, 0.05) is 29.8 Å². The van der Waals surface area contributed by atoms with E-state index >= 15 is 0 Å². The van der Waals surface area contributed by atoms with Gasteiger partial charge in [0.25, 0.3) is 0 Å². The van der Waals surface area contributed by atoms with E-state index in [9.17, 15) is 9.59 Å². The van der Waals surface area contributed by atoms with Crippen molar-refractivity contribution in [2.75, 3.05) is 17.6 Å². The van der Waals surface area contributed by atoms with Crippen molar-refractivity contribution in [2.45, 2.75) is 40.5 Å². The van der Waals surface area contributed by atoms with Crippen LogP contribution in [0.15, 0.2) is 18.2 Å². The molecule has 0 heterocycles. The first-order valence-corrected chi connectivity index (χ1v) is 7.14. The van der Waals surface area contributed by atoms with Crippen molar-refractivity contribution in [3.8, 4) is 0 Å². The summed E-state index contributed by atoms with van der Waals surface area (Å²) in [4.78, 5) is 23.5. The molecule has 0 aliphatic heterocycles. The number of rotatable bonds is 5. The predicted octanol–water partition coefficient (Wildman–Crippen LogP) is 2.46. The van der Waals surface area contributed by atoms with Crippen molar-refractivity contribution in [3.63, 3.8) is 0 Å². The molecule has 0 unspecified atom stereocenters. The molecule has 1 aromatic carbocycles. The fourth-order valence-electron chi connectivity index (χ4n) is 1.70. The lowest BCUT2D eigenvalue weighted by Gasteiger charge is -2.17. The molecule has 2 amide bonds. The Bertz CT molecular complexity index is 519. The summed E-state index contributed by atoms with van der Waals surface area (Å²) >= 11 is 0. The molecule has 1 rings (SSSR count). The number of nitrogen functional groups attached to an aromatic ring is 1. The number of aryl methyl sites for hydroxylation is 1. The Morgan fingerprint density at radius 1 is 1.24 bits per heavy atom. The first-order chi connectivity index (χ1) is 9.70. The average molecular weight is 291 g/mol. The normalized spacial score (nSPS) is 11.0. The van der Waals surface area contributed by atoms with E-state index in [0.29, 0.717) is 25.1 Å². The average Bonchev–Trinajstić information content (AvgIpc) is 2.37. The number of nitrogens with two attached hydrogens (primary N) is 1. The standard InChI is InChI=1S/C16H25N3O2/c1-11-7-8-12(17)10-13(11)19-14(20)6-5-9-18-15(21)16(2,3)4/h7-8,10H,5-6,9,17H2,1-4H3,(H,18,21)(H,19,20). The Morgan fingerprint density at radius 3 is 2.52 bits per heavy atom. The van der Waals surface area contributed by atoms with E-state index < -0.39 is 5.41 Å². The summed E-state index contributed by atoms with van der Waals surface area (Å²) in [6.45, 7) is 7.99. The first-order valence-electron chi connectivity index (χ1n) is 7.14. The molecule has 0 saturated carbocycles. The molecule has 0 bridgehead atoms. The summed E-state index contributed by atoms with van der Waals surface area (Å²) in [5.74, 6) is -0.0803. The van der Waals surface area contributed by atoms with Crippen molar-refractivity contribution in [3.05, 3.63) is 23.8 Å². The van der Waals surface area contributed by atoms with Gasteiger partial charge in [-0.05, 0) is 31.0 Å². The van der Waals surface area contributed by atoms with E-state index in [1.54, 1.807) is 12.1 Å². The van der Waals surface area contributed by atoms with Crippen LogP contribution >= 0.6 is 0 Å².